The molecular formula is C26H42O7. The molecule has 0 radical (unpaired) electrons. The Morgan fingerprint density at radius 1 is 0.606 bits per heavy atom. The fraction of sp³-hybridized carbons (Fsp3) is 1.00. The minimum absolute atomic E-state index is 0.0689. The highest BCUT2D eigenvalue weighted by atomic mass is 16.7. The van der Waals surface area contributed by atoms with Gasteiger partial charge >= 0.3 is 0 Å². The Balaban J connectivity index is 0.954. The van der Waals surface area contributed by atoms with Gasteiger partial charge in [0.05, 0.1) is 64.1 Å². The summed E-state index contributed by atoms with van der Waals surface area (Å²) in [7, 11) is 0. The summed E-state index contributed by atoms with van der Waals surface area (Å²) in [4.78, 5) is 0. The first kappa shape index (κ1) is 23.1. The van der Waals surface area contributed by atoms with Gasteiger partial charge in [-0.05, 0) is 51.4 Å². The lowest BCUT2D eigenvalue weighted by Gasteiger charge is -2.44. The molecule has 7 nitrogen and oxygen atoms in total. The van der Waals surface area contributed by atoms with Gasteiger partial charge in [0.2, 0.25) is 0 Å². The number of hydrogen-bond acceptors (Lipinski definition) is 7. The van der Waals surface area contributed by atoms with E-state index in [1.165, 1.54) is 0 Å². The van der Waals surface area contributed by atoms with Crippen molar-refractivity contribution in [1.29, 1.82) is 0 Å². The average molecular weight is 467 g/mol. The summed E-state index contributed by atoms with van der Waals surface area (Å²) in [5, 5.41) is 0. The quantitative estimate of drug-likeness (QED) is 0.506. The second-order valence-corrected chi connectivity index (χ2v) is 11.8. The van der Waals surface area contributed by atoms with Gasteiger partial charge in [-0.2, -0.15) is 0 Å². The average Bonchev–Trinajstić information content (AvgIpc) is 3.78. The summed E-state index contributed by atoms with van der Waals surface area (Å²) in [5.41, 5.74) is -0.138. The van der Waals surface area contributed by atoms with Crippen LogP contribution in [0, 0.1) is 22.7 Å². The van der Waals surface area contributed by atoms with Gasteiger partial charge in [-0.15, -0.1) is 0 Å². The van der Waals surface area contributed by atoms with Crippen LogP contribution in [-0.2, 0) is 33.2 Å². The number of rotatable bonds is 8. The molecule has 2 aliphatic carbocycles. The summed E-state index contributed by atoms with van der Waals surface area (Å²) in [6.07, 6.45) is 10.5. The van der Waals surface area contributed by atoms with Crippen LogP contribution in [0.5, 0.6) is 0 Å². The van der Waals surface area contributed by atoms with Gasteiger partial charge in [0.25, 0.3) is 0 Å². The molecule has 4 saturated heterocycles. The van der Waals surface area contributed by atoms with Gasteiger partial charge in [0.15, 0.2) is 12.6 Å². The SMILES string of the molecule is CCC1(COCC2(CC)COC(C3CCC4OC4C3)OC2)COC(C2CCC3OC3C2)OC1. The Labute approximate surface area is 198 Å². The Morgan fingerprint density at radius 3 is 1.39 bits per heavy atom. The van der Waals surface area contributed by atoms with Crippen molar-refractivity contribution in [3.63, 3.8) is 0 Å². The Morgan fingerprint density at radius 2 is 1.03 bits per heavy atom. The van der Waals surface area contributed by atoms with E-state index in [2.05, 4.69) is 13.8 Å². The molecule has 4 aliphatic heterocycles. The number of hydrogen-bond donors (Lipinski definition) is 0. The van der Waals surface area contributed by atoms with Crippen LogP contribution in [0.25, 0.3) is 0 Å². The van der Waals surface area contributed by atoms with Crippen molar-refractivity contribution in [2.24, 2.45) is 22.7 Å². The molecule has 0 amide bonds. The molecule has 0 aromatic rings. The van der Waals surface area contributed by atoms with Crippen LogP contribution < -0.4 is 0 Å². The zero-order chi connectivity index (χ0) is 22.5. The molecule has 0 aromatic heterocycles. The predicted molar refractivity (Wildman–Crippen MR) is 120 cm³/mol. The van der Waals surface area contributed by atoms with Gasteiger partial charge in [-0.3, -0.25) is 0 Å². The van der Waals surface area contributed by atoms with E-state index in [4.69, 9.17) is 33.2 Å². The summed E-state index contributed by atoms with van der Waals surface area (Å²) >= 11 is 0. The molecule has 6 fully saturated rings. The Hall–Kier alpha value is -0.280. The maximum absolute atomic E-state index is 6.35. The van der Waals surface area contributed by atoms with Crippen molar-refractivity contribution < 1.29 is 33.2 Å². The topological polar surface area (TPSA) is 71.2 Å². The second kappa shape index (κ2) is 9.30. The van der Waals surface area contributed by atoms with E-state index in [1.807, 2.05) is 0 Å². The molecule has 6 aliphatic rings. The van der Waals surface area contributed by atoms with Crippen molar-refractivity contribution >= 4 is 0 Å². The second-order valence-electron chi connectivity index (χ2n) is 11.8. The maximum Gasteiger partial charge on any atom is 0.160 e. The van der Waals surface area contributed by atoms with Gasteiger partial charge in [-0.1, -0.05) is 13.8 Å². The zero-order valence-corrected chi connectivity index (χ0v) is 20.4. The van der Waals surface area contributed by atoms with E-state index < -0.39 is 0 Å². The molecule has 0 bridgehead atoms. The highest BCUT2D eigenvalue weighted by Gasteiger charge is 2.49. The fourth-order valence-corrected chi connectivity index (χ4v) is 6.39. The number of epoxide rings is 2. The van der Waals surface area contributed by atoms with Crippen molar-refractivity contribution in [1.82, 2.24) is 0 Å². The molecule has 188 valence electrons. The van der Waals surface area contributed by atoms with Gasteiger partial charge < -0.3 is 33.2 Å². The molecule has 6 unspecified atom stereocenters. The van der Waals surface area contributed by atoms with E-state index in [9.17, 15) is 0 Å². The summed E-state index contributed by atoms with van der Waals surface area (Å²) < 4.78 is 42.8. The summed E-state index contributed by atoms with van der Waals surface area (Å²) in [6, 6.07) is 0. The lowest BCUT2D eigenvalue weighted by Crippen LogP contribution is -2.49. The summed E-state index contributed by atoms with van der Waals surface area (Å²) in [6.45, 7) is 8.57. The third-order valence-electron chi connectivity index (χ3n) is 9.39. The van der Waals surface area contributed by atoms with Crippen LogP contribution in [0.15, 0.2) is 0 Å². The van der Waals surface area contributed by atoms with Crippen LogP contribution in [-0.4, -0.2) is 76.6 Å². The van der Waals surface area contributed by atoms with Crippen LogP contribution in [0.4, 0.5) is 0 Å². The lowest BCUT2D eigenvalue weighted by atomic mass is 9.84. The molecule has 33 heavy (non-hydrogen) atoms. The van der Waals surface area contributed by atoms with Crippen molar-refractivity contribution in [2.45, 2.75) is 102 Å². The highest BCUT2D eigenvalue weighted by Crippen LogP contribution is 2.44. The molecular weight excluding hydrogens is 424 g/mol. The first-order chi connectivity index (χ1) is 16.1. The van der Waals surface area contributed by atoms with Gasteiger partial charge in [0.1, 0.15) is 0 Å². The minimum Gasteiger partial charge on any atom is -0.380 e. The van der Waals surface area contributed by atoms with Crippen LogP contribution in [0.3, 0.4) is 0 Å². The standard InChI is InChI=1S/C26H42O7/c1-3-25(13-28-23(29-14-25)17-5-7-19-21(9-17)32-19)11-27-12-26(4-2)15-30-24(31-16-26)18-6-8-20-22(10-18)33-20/h17-24H,3-16H2,1-2H3. The third kappa shape index (κ3) is 4.89. The first-order valence-electron chi connectivity index (χ1n) is 13.5. The molecule has 7 heteroatoms. The minimum atomic E-state index is -0.0787. The molecule has 4 heterocycles. The van der Waals surface area contributed by atoms with E-state index in [0.29, 0.717) is 75.9 Å². The maximum atomic E-state index is 6.35. The van der Waals surface area contributed by atoms with Crippen LogP contribution in [0.2, 0.25) is 0 Å². The third-order valence-corrected chi connectivity index (χ3v) is 9.39. The molecule has 6 atom stereocenters. The highest BCUT2D eigenvalue weighted by molar-refractivity contribution is 4.95. The van der Waals surface area contributed by atoms with Crippen molar-refractivity contribution in [3.8, 4) is 0 Å². The van der Waals surface area contributed by atoms with Crippen molar-refractivity contribution in [3.05, 3.63) is 0 Å². The first-order valence-corrected chi connectivity index (χ1v) is 13.5. The molecule has 0 N–H and O–H groups in total. The monoisotopic (exact) mass is 466 g/mol. The molecule has 0 spiro atoms. The van der Waals surface area contributed by atoms with Crippen LogP contribution in [0.1, 0.15) is 65.2 Å². The Kier molecular flexibility index (Phi) is 6.52. The fourth-order valence-electron chi connectivity index (χ4n) is 6.39. The van der Waals surface area contributed by atoms with E-state index in [-0.39, 0.29) is 23.4 Å². The Bertz CT molecular complexity index is 614. The number of fused-ring (bicyclic) bond motifs is 2. The smallest absolute Gasteiger partial charge is 0.160 e. The largest absolute Gasteiger partial charge is 0.380 e. The predicted octanol–water partition coefficient (Wildman–Crippen LogP) is 3.68. The molecule has 0 aromatic carbocycles. The van der Waals surface area contributed by atoms with Gasteiger partial charge in [0, 0.05) is 22.7 Å². The lowest BCUT2D eigenvalue weighted by molar-refractivity contribution is -0.275. The van der Waals surface area contributed by atoms with E-state index >= 15 is 0 Å². The summed E-state index contributed by atoms with van der Waals surface area (Å²) in [5.74, 6) is 0.942. The normalized spacial score (nSPS) is 51.5. The zero-order valence-electron chi connectivity index (χ0n) is 20.4. The van der Waals surface area contributed by atoms with Crippen LogP contribution >= 0.6 is 0 Å². The molecule has 2 saturated carbocycles. The molecule has 6 rings (SSSR count). The van der Waals surface area contributed by atoms with Gasteiger partial charge in [-0.25, -0.2) is 0 Å². The van der Waals surface area contributed by atoms with E-state index in [1.54, 1.807) is 0 Å². The number of ether oxygens (including phenoxy) is 7. The van der Waals surface area contributed by atoms with Crippen molar-refractivity contribution in [2.75, 3.05) is 39.6 Å². The van der Waals surface area contributed by atoms with E-state index in [0.717, 1.165) is 51.4 Å².